The Kier molecular flexibility index (Phi) is 2.61. The average molecular weight is 207 g/mol. The van der Waals surface area contributed by atoms with E-state index in [4.69, 9.17) is 0 Å². The SMILES string of the molecule is Cn1ccc(CCNc2nnnn2C)n1. The Morgan fingerprint density at radius 1 is 1.40 bits per heavy atom. The lowest BCUT2D eigenvalue weighted by atomic mass is 10.3. The van der Waals surface area contributed by atoms with Crippen molar-refractivity contribution in [3.63, 3.8) is 0 Å². The number of nitrogens with zero attached hydrogens (tertiary/aromatic N) is 6. The first-order valence-corrected chi connectivity index (χ1v) is 4.70. The Labute approximate surface area is 87.1 Å². The number of rotatable bonds is 4. The zero-order valence-corrected chi connectivity index (χ0v) is 8.75. The summed E-state index contributed by atoms with van der Waals surface area (Å²) in [6, 6.07) is 2.00. The van der Waals surface area contributed by atoms with E-state index in [9.17, 15) is 0 Å². The minimum atomic E-state index is 0.672. The second-order valence-electron chi connectivity index (χ2n) is 3.28. The molecular weight excluding hydrogens is 194 g/mol. The van der Waals surface area contributed by atoms with Crippen LogP contribution in [0, 0.1) is 0 Å². The summed E-state index contributed by atoms with van der Waals surface area (Å²) in [6.45, 7) is 0.769. The van der Waals surface area contributed by atoms with Crippen LogP contribution in [0.1, 0.15) is 5.69 Å². The van der Waals surface area contributed by atoms with Crippen LogP contribution < -0.4 is 5.32 Å². The van der Waals surface area contributed by atoms with E-state index in [0.29, 0.717) is 5.95 Å². The smallest absolute Gasteiger partial charge is 0.242 e. The zero-order valence-electron chi connectivity index (χ0n) is 8.75. The molecule has 0 amide bonds. The number of hydrogen-bond acceptors (Lipinski definition) is 5. The van der Waals surface area contributed by atoms with Crippen LogP contribution in [-0.4, -0.2) is 36.5 Å². The fraction of sp³-hybridized carbons (Fsp3) is 0.500. The lowest BCUT2D eigenvalue weighted by Gasteiger charge is -2.01. The molecule has 7 nitrogen and oxygen atoms in total. The van der Waals surface area contributed by atoms with Gasteiger partial charge < -0.3 is 5.32 Å². The number of anilines is 1. The van der Waals surface area contributed by atoms with Crippen molar-refractivity contribution < 1.29 is 0 Å². The Bertz CT molecular complexity index is 430. The topological polar surface area (TPSA) is 73.5 Å². The van der Waals surface area contributed by atoms with Gasteiger partial charge in [-0.15, -0.1) is 0 Å². The maximum atomic E-state index is 4.27. The third-order valence-corrected chi connectivity index (χ3v) is 2.05. The van der Waals surface area contributed by atoms with Crippen LogP contribution in [0.25, 0.3) is 0 Å². The summed E-state index contributed by atoms with van der Waals surface area (Å²) in [5.41, 5.74) is 1.06. The summed E-state index contributed by atoms with van der Waals surface area (Å²) in [6.07, 6.45) is 2.78. The molecule has 80 valence electrons. The summed E-state index contributed by atoms with van der Waals surface area (Å²) >= 11 is 0. The maximum Gasteiger partial charge on any atom is 0.242 e. The Balaban J connectivity index is 1.83. The van der Waals surface area contributed by atoms with Crippen molar-refractivity contribution in [2.75, 3.05) is 11.9 Å². The van der Waals surface area contributed by atoms with Gasteiger partial charge >= 0.3 is 0 Å². The van der Waals surface area contributed by atoms with Gasteiger partial charge in [0.25, 0.3) is 0 Å². The molecule has 0 fully saturated rings. The Morgan fingerprint density at radius 2 is 2.27 bits per heavy atom. The Hall–Kier alpha value is -1.92. The van der Waals surface area contributed by atoms with Crippen LogP contribution in [0.4, 0.5) is 5.95 Å². The second kappa shape index (κ2) is 4.07. The molecule has 0 aromatic carbocycles. The summed E-state index contributed by atoms with van der Waals surface area (Å²) in [7, 11) is 3.70. The van der Waals surface area contributed by atoms with Gasteiger partial charge in [-0.1, -0.05) is 5.10 Å². The van der Waals surface area contributed by atoms with Crippen molar-refractivity contribution >= 4 is 5.95 Å². The lowest BCUT2D eigenvalue weighted by molar-refractivity contribution is 0.710. The van der Waals surface area contributed by atoms with Gasteiger partial charge in [0.1, 0.15) is 0 Å². The van der Waals surface area contributed by atoms with E-state index in [0.717, 1.165) is 18.7 Å². The van der Waals surface area contributed by atoms with Gasteiger partial charge in [-0.25, -0.2) is 4.68 Å². The molecule has 2 heterocycles. The van der Waals surface area contributed by atoms with Crippen LogP contribution in [0.5, 0.6) is 0 Å². The van der Waals surface area contributed by atoms with Crippen LogP contribution in [0.15, 0.2) is 12.3 Å². The van der Waals surface area contributed by atoms with Crippen molar-refractivity contribution in [3.05, 3.63) is 18.0 Å². The minimum Gasteiger partial charge on any atom is -0.353 e. The van der Waals surface area contributed by atoms with Crippen LogP contribution in [0.3, 0.4) is 0 Å². The molecule has 0 unspecified atom stereocenters. The molecule has 1 N–H and O–H groups in total. The van der Waals surface area contributed by atoms with Gasteiger partial charge in [-0.05, 0) is 16.5 Å². The molecule has 0 bridgehead atoms. The van der Waals surface area contributed by atoms with Crippen molar-refractivity contribution in [2.45, 2.75) is 6.42 Å². The number of hydrogen-bond donors (Lipinski definition) is 1. The third kappa shape index (κ3) is 2.30. The first-order valence-electron chi connectivity index (χ1n) is 4.70. The van der Waals surface area contributed by atoms with Crippen molar-refractivity contribution in [1.29, 1.82) is 0 Å². The minimum absolute atomic E-state index is 0.672. The lowest BCUT2D eigenvalue weighted by Crippen LogP contribution is -2.10. The van der Waals surface area contributed by atoms with Crippen molar-refractivity contribution in [2.24, 2.45) is 14.1 Å². The van der Waals surface area contributed by atoms with Crippen LogP contribution in [-0.2, 0) is 20.5 Å². The molecule has 0 aliphatic carbocycles. The quantitative estimate of drug-likeness (QED) is 0.738. The van der Waals surface area contributed by atoms with Crippen molar-refractivity contribution in [3.8, 4) is 0 Å². The molecule has 0 aliphatic rings. The van der Waals surface area contributed by atoms with E-state index in [1.807, 2.05) is 19.3 Å². The molecule has 2 aromatic rings. The van der Waals surface area contributed by atoms with E-state index in [2.05, 4.69) is 25.9 Å². The van der Waals surface area contributed by atoms with Gasteiger partial charge in [0, 0.05) is 33.3 Å². The fourth-order valence-electron chi connectivity index (χ4n) is 1.28. The highest BCUT2D eigenvalue weighted by molar-refractivity contribution is 5.21. The monoisotopic (exact) mass is 207 g/mol. The van der Waals surface area contributed by atoms with E-state index in [1.54, 1.807) is 16.4 Å². The van der Waals surface area contributed by atoms with E-state index >= 15 is 0 Å². The second-order valence-corrected chi connectivity index (χ2v) is 3.28. The van der Waals surface area contributed by atoms with Gasteiger partial charge in [-0.2, -0.15) is 5.10 Å². The standard InChI is InChI=1S/C8H13N7/c1-14-6-4-7(11-14)3-5-9-8-10-12-13-15(8)2/h4,6H,3,5H2,1-2H3,(H,9,10,13). The summed E-state index contributed by atoms with van der Waals surface area (Å²) in [4.78, 5) is 0. The van der Waals surface area contributed by atoms with Gasteiger partial charge in [-0.3, -0.25) is 4.68 Å². The van der Waals surface area contributed by atoms with Crippen LogP contribution >= 0.6 is 0 Å². The number of aromatic nitrogens is 6. The summed E-state index contributed by atoms with van der Waals surface area (Å²) in [5.74, 6) is 0.672. The van der Waals surface area contributed by atoms with Gasteiger partial charge in [0.05, 0.1) is 5.69 Å². The summed E-state index contributed by atoms with van der Waals surface area (Å²) < 4.78 is 3.39. The van der Waals surface area contributed by atoms with E-state index in [-0.39, 0.29) is 0 Å². The summed E-state index contributed by atoms with van der Waals surface area (Å²) in [5, 5.41) is 18.5. The van der Waals surface area contributed by atoms with E-state index < -0.39 is 0 Å². The first kappa shape index (κ1) is 9.63. The third-order valence-electron chi connectivity index (χ3n) is 2.05. The number of aryl methyl sites for hydroxylation is 2. The van der Waals surface area contributed by atoms with E-state index in [1.165, 1.54) is 0 Å². The largest absolute Gasteiger partial charge is 0.353 e. The Morgan fingerprint density at radius 3 is 2.87 bits per heavy atom. The average Bonchev–Trinajstić information content (AvgIpc) is 2.77. The predicted octanol–water partition coefficient (Wildman–Crippen LogP) is -0.402. The normalized spacial score (nSPS) is 10.5. The molecule has 15 heavy (non-hydrogen) atoms. The zero-order chi connectivity index (χ0) is 10.7. The van der Waals surface area contributed by atoms with Gasteiger partial charge in [0.15, 0.2) is 0 Å². The van der Waals surface area contributed by atoms with Crippen molar-refractivity contribution in [1.82, 2.24) is 30.0 Å². The first-order chi connectivity index (χ1) is 7.25. The molecule has 7 heteroatoms. The number of tetrazole rings is 1. The highest BCUT2D eigenvalue weighted by Gasteiger charge is 2.01. The number of nitrogens with one attached hydrogen (secondary N) is 1. The maximum absolute atomic E-state index is 4.27. The molecule has 0 aliphatic heterocycles. The molecular formula is C8H13N7. The molecule has 2 aromatic heterocycles. The fourth-order valence-corrected chi connectivity index (χ4v) is 1.28. The highest BCUT2D eigenvalue weighted by Crippen LogP contribution is 1.98. The molecule has 0 spiro atoms. The van der Waals surface area contributed by atoms with Crippen LogP contribution in [0.2, 0.25) is 0 Å². The van der Waals surface area contributed by atoms with Gasteiger partial charge in [0.2, 0.25) is 5.95 Å². The highest BCUT2D eigenvalue weighted by atomic mass is 15.6. The molecule has 0 radical (unpaired) electrons. The molecule has 2 rings (SSSR count). The molecule has 0 saturated heterocycles. The predicted molar refractivity (Wildman–Crippen MR) is 54.2 cm³/mol. The molecule has 0 saturated carbocycles. The molecule has 0 atom stereocenters.